The van der Waals surface area contributed by atoms with Crippen LogP contribution in [-0.4, -0.2) is 21.8 Å². The summed E-state index contributed by atoms with van der Waals surface area (Å²) < 4.78 is 28.3. The predicted molar refractivity (Wildman–Crippen MR) is 81.7 cm³/mol. The van der Waals surface area contributed by atoms with Gasteiger partial charge < -0.3 is 4.74 Å². The second-order valence-electron chi connectivity index (χ2n) is 4.68. The number of nitrogens with one attached hydrogen (secondary N) is 1. The average molecular weight is 306 g/mol. The largest absolute Gasteiger partial charge is 0.496 e. The normalized spacial score (nSPS) is 12.9. The predicted octanol–water partition coefficient (Wildman–Crippen LogP) is 1.65. The van der Waals surface area contributed by atoms with Crippen molar-refractivity contribution in [3.8, 4) is 5.75 Å². The molecule has 0 bridgehead atoms. The van der Waals surface area contributed by atoms with Crippen molar-refractivity contribution >= 4 is 9.84 Å². The summed E-state index contributed by atoms with van der Waals surface area (Å²) in [5, 5.41) is 0. The first-order valence-corrected chi connectivity index (χ1v) is 8.25. The lowest BCUT2D eigenvalue weighted by molar-refractivity contribution is 0.404. The standard InChI is InChI=1S/C15H18N2O3S/c1-20-14-6-4-3-5-13(14)15(17-16)11-7-9-12(10-8-11)21(2,18)19/h3-10,15,17H,16H2,1-2H3. The summed E-state index contributed by atoms with van der Waals surface area (Å²) in [6.07, 6.45) is 1.18. The van der Waals surface area contributed by atoms with Crippen LogP contribution in [0, 0.1) is 0 Å². The lowest BCUT2D eigenvalue weighted by Crippen LogP contribution is -2.29. The van der Waals surface area contributed by atoms with E-state index in [1.165, 1.54) is 6.26 Å². The van der Waals surface area contributed by atoms with E-state index in [-0.39, 0.29) is 10.9 Å². The number of sulfone groups is 1. The van der Waals surface area contributed by atoms with Crippen molar-refractivity contribution in [1.82, 2.24) is 5.43 Å². The van der Waals surface area contributed by atoms with E-state index in [0.29, 0.717) is 5.75 Å². The molecule has 0 aromatic heterocycles. The molecule has 5 nitrogen and oxygen atoms in total. The maximum absolute atomic E-state index is 11.5. The van der Waals surface area contributed by atoms with Crippen molar-refractivity contribution in [2.75, 3.05) is 13.4 Å². The van der Waals surface area contributed by atoms with E-state index in [2.05, 4.69) is 5.43 Å². The van der Waals surface area contributed by atoms with Gasteiger partial charge in [-0.05, 0) is 23.8 Å². The average Bonchev–Trinajstić information content (AvgIpc) is 2.48. The molecule has 21 heavy (non-hydrogen) atoms. The highest BCUT2D eigenvalue weighted by Gasteiger charge is 2.17. The van der Waals surface area contributed by atoms with Crippen LogP contribution in [0.5, 0.6) is 5.75 Å². The van der Waals surface area contributed by atoms with E-state index < -0.39 is 9.84 Å². The van der Waals surface area contributed by atoms with Crippen LogP contribution in [0.1, 0.15) is 17.2 Å². The number of benzene rings is 2. The minimum Gasteiger partial charge on any atom is -0.496 e. The third-order valence-corrected chi connectivity index (χ3v) is 4.39. The third kappa shape index (κ3) is 3.41. The van der Waals surface area contributed by atoms with Gasteiger partial charge in [-0.25, -0.2) is 13.8 Å². The Bertz CT molecular complexity index is 712. The van der Waals surface area contributed by atoms with Crippen LogP contribution in [0.15, 0.2) is 53.4 Å². The second-order valence-corrected chi connectivity index (χ2v) is 6.70. The highest BCUT2D eigenvalue weighted by molar-refractivity contribution is 7.90. The van der Waals surface area contributed by atoms with Crippen molar-refractivity contribution in [1.29, 1.82) is 0 Å². The van der Waals surface area contributed by atoms with Crippen molar-refractivity contribution in [3.63, 3.8) is 0 Å². The molecule has 0 saturated heterocycles. The molecule has 0 fully saturated rings. The molecule has 0 heterocycles. The highest BCUT2D eigenvalue weighted by Crippen LogP contribution is 2.29. The summed E-state index contributed by atoms with van der Waals surface area (Å²) in [4.78, 5) is 0.280. The molecule has 1 atom stereocenters. The molecule has 2 aromatic rings. The molecule has 1 unspecified atom stereocenters. The van der Waals surface area contributed by atoms with Crippen LogP contribution in [0.2, 0.25) is 0 Å². The van der Waals surface area contributed by atoms with Crippen LogP contribution >= 0.6 is 0 Å². The van der Waals surface area contributed by atoms with E-state index >= 15 is 0 Å². The van der Waals surface area contributed by atoms with Gasteiger partial charge in [0, 0.05) is 11.8 Å². The Morgan fingerprint density at radius 2 is 1.71 bits per heavy atom. The smallest absolute Gasteiger partial charge is 0.175 e. The number of nitrogens with two attached hydrogens (primary N) is 1. The highest BCUT2D eigenvalue weighted by atomic mass is 32.2. The van der Waals surface area contributed by atoms with Crippen LogP contribution in [-0.2, 0) is 9.84 Å². The summed E-state index contributed by atoms with van der Waals surface area (Å²) in [6.45, 7) is 0. The summed E-state index contributed by atoms with van der Waals surface area (Å²) in [5.74, 6) is 6.38. The minimum atomic E-state index is -3.21. The first-order valence-electron chi connectivity index (χ1n) is 6.36. The first-order chi connectivity index (χ1) is 9.97. The Morgan fingerprint density at radius 1 is 1.10 bits per heavy atom. The molecule has 6 heteroatoms. The zero-order valence-electron chi connectivity index (χ0n) is 11.9. The van der Waals surface area contributed by atoms with E-state index in [4.69, 9.17) is 10.6 Å². The number of rotatable bonds is 5. The van der Waals surface area contributed by atoms with Gasteiger partial charge in [0.15, 0.2) is 9.84 Å². The van der Waals surface area contributed by atoms with Gasteiger partial charge in [-0.2, -0.15) is 0 Å². The quantitative estimate of drug-likeness (QED) is 0.648. The van der Waals surface area contributed by atoms with E-state index in [1.54, 1.807) is 31.4 Å². The molecule has 0 amide bonds. The van der Waals surface area contributed by atoms with Crippen LogP contribution < -0.4 is 16.0 Å². The number of methoxy groups -OCH3 is 1. The number of para-hydroxylation sites is 1. The number of ether oxygens (including phenoxy) is 1. The Morgan fingerprint density at radius 3 is 2.24 bits per heavy atom. The lowest BCUT2D eigenvalue weighted by atomic mass is 9.98. The molecular weight excluding hydrogens is 288 g/mol. The van der Waals surface area contributed by atoms with Crippen LogP contribution in [0.3, 0.4) is 0 Å². The van der Waals surface area contributed by atoms with Crippen molar-refractivity contribution < 1.29 is 13.2 Å². The summed E-state index contributed by atoms with van der Waals surface area (Å²) >= 11 is 0. The fourth-order valence-corrected chi connectivity index (χ4v) is 2.81. The molecule has 2 aromatic carbocycles. The third-order valence-electron chi connectivity index (χ3n) is 3.26. The summed E-state index contributed by atoms with van der Waals surface area (Å²) in [5.41, 5.74) is 4.48. The molecule has 0 aliphatic rings. The van der Waals surface area contributed by atoms with Gasteiger partial charge in [-0.15, -0.1) is 0 Å². The molecule has 0 aliphatic heterocycles. The van der Waals surface area contributed by atoms with E-state index in [0.717, 1.165) is 11.1 Å². The van der Waals surface area contributed by atoms with E-state index in [1.807, 2.05) is 24.3 Å². The van der Waals surface area contributed by atoms with Gasteiger partial charge in [0.25, 0.3) is 0 Å². The number of hydrogen-bond acceptors (Lipinski definition) is 5. The fourth-order valence-electron chi connectivity index (χ4n) is 2.18. The molecular formula is C15H18N2O3S. The lowest BCUT2D eigenvalue weighted by Gasteiger charge is -2.19. The molecule has 2 rings (SSSR count). The number of hydrogen-bond donors (Lipinski definition) is 2. The molecule has 0 saturated carbocycles. The Hall–Kier alpha value is -1.89. The van der Waals surface area contributed by atoms with Gasteiger partial charge in [-0.1, -0.05) is 30.3 Å². The Kier molecular flexibility index (Phi) is 4.62. The molecule has 3 N–H and O–H groups in total. The first kappa shape index (κ1) is 15.5. The van der Waals surface area contributed by atoms with Gasteiger partial charge in [0.05, 0.1) is 18.0 Å². The van der Waals surface area contributed by atoms with E-state index in [9.17, 15) is 8.42 Å². The molecule has 0 spiro atoms. The zero-order chi connectivity index (χ0) is 15.5. The van der Waals surface area contributed by atoms with Crippen molar-refractivity contribution in [2.24, 2.45) is 5.84 Å². The van der Waals surface area contributed by atoms with Crippen LogP contribution in [0.25, 0.3) is 0 Å². The van der Waals surface area contributed by atoms with Gasteiger partial charge in [-0.3, -0.25) is 5.84 Å². The molecule has 0 radical (unpaired) electrons. The zero-order valence-corrected chi connectivity index (χ0v) is 12.7. The summed E-state index contributed by atoms with van der Waals surface area (Å²) in [7, 11) is -1.61. The maximum atomic E-state index is 11.5. The Balaban J connectivity index is 2.42. The van der Waals surface area contributed by atoms with Crippen LogP contribution in [0.4, 0.5) is 0 Å². The van der Waals surface area contributed by atoms with Crippen molar-refractivity contribution in [2.45, 2.75) is 10.9 Å². The summed E-state index contributed by atoms with van der Waals surface area (Å²) in [6, 6.07) is 13.9. The van der Waals surface area contributed by atoms with Gasteiger partial charge >= 0.3 is 0 Å². The Labute approximate surface area is 124 Å². The topological polar surface area (TPSA) is 81.4 Å². The fraction of sp³-hybridized carbons (Fsp3) is 0.200. The second kappa shape index (κ2) is 6.26. The number of hydrazine groups is 1. The monoisotopic (exact) mass is 306 g/mol. The van der Waals surface area contributed by atoms with Crippen molar-refractivity contribution in [3.05, 3.63) is 59.7 Å². The SMILES string of the molecule is COc1ccccc1C(NN)c1ccc(S(C)(=O)=O)cc1. The molecule has 112 valence electrons. The minimum absolute atomic E-state index is 0.280. The van der Waals surface area contributed by atoms with Gasteiger partial charge in [0.2, 0.25) is 0 Å². The molecule has 0 aliphatic carbocycles. The maximum Gasteiger partial charge on any atom is 0.175 e. The van der Waals surface area contributed by atoms with Gasteiger partial charge in [0.1, 0.15) is 5.75 Å².